The molecule has 0 aliphatic carbocycles. The Labute approximate surface area is 418 Å². The third-order valence-corrected chi connectivity index (χ3v) is 13.0. The van der Waals surface area contributed by atoms with Crippen LogP contribution >= 0.6 is 0 Å². The summed E-state index contributed by atoms with van der Waals surface area (Å²) in [6.07, 6.45) is 29.7. The quantitative estimate of drug-likeness (QED) is 0.0327. The molecule has 0 fully saturated rings. The van der Waals surface area contributed by atoms with E-state index in [0.29, 0.717) is 83.2 Å². The third kappa shape index (κ3) is 42.3. The van der Waals surface area contributed by atoms with Crippen molar-refractivity contribution < 1.29 is 47.6 Å². The predicted octanol–water partition coefficient (Wildman–Crippen LogP) is 14.8. The van der Waals surface area contributed by atoms with Crippen LogP contribution in [0.4, 0.5) is 9.59 Å². The largest absolute Gasteiger partial charge is 0.508 e. The number of ether oxygens (including phenoxy) is 6. The van der Waals surface area contributed by atoms with Crippen LogP contribution in [0.15, 0.2) is 0 Å². The topological polar surface area (TPSA) is 130 Å². The SMILES string of the molecule is CCCCCCC(CCCC(=O)OCC(CCCCC)CCCCC)OC(=O)OCCN(CCOC(=O)OC(CCCCCC)CCCC(=O)OCC(CCCCC)CCCCC)CCN(C)C. The molecule has 2 unspecified atom stereocenters. The lowest BCUT2D eigenvalue weighted by atomic mass is 9.96. The van der Waals surface area contributed by atoms with Gasteiger partial charge in [0.2, 0.25) is 0 Å². The Kier molecular flexibility index (Phi) is 46.2. The molecule has 0 radical (unpaired) electrons. The summed E-state index contributed by atoms with van der Waals surface area (Å²) in [6, 6.07) is 0. The van der Waals surface area contributed by atoms with E-state index < -0.39 is 12.3 Å². The van der Waals surface area contributed by atoms with Gasteiger partial charge in [-0.25, -0.2) is 9.59 Å². The van der Waals surface area contributed by atoms with E-state index in [1.807, 2.05) is 14.1 Å². The minimum Gasteiger partial charge on any atom is -0.465 e. The molecule has 0 N–H and O–H groups in total. The molecule has 0 aliphatic rings. The van der Waals surface area contributed by atoms with Gasteiger partial charge in [-0.3, -0.25) is 14.5 Å². The van der Waals surface area contributed by atoms with E-state index in [-0.39, 0.29) is 37.4 Å². The minimum atomic E-state index is -0.699. The van der Waals surface area contributed by atoms with Crippen LogP contribution < -0.4 is 0 Å². The summed E-state index contributed by atoms with van der Waals surface area (Å²) in [4.78, 5) is 55.7. The van der Waals surface area contributed by atoms with E-state index in [0.717, 1.165) is 96.4 Å². The summed E-state index contributed by atoms with van der Waals surface area (Å²) >= 11 is 0. The van der Waals surface area contributed by atoms with Crippen molar-refractivity contribution >= 4 is 24.2 Å². The van der Waals surface area contributed by atoms with Gasteiger partial charge in [-0.15, -0.1) is 0 Å². The molecular formula is C56H108N2O10. The summed E-state index contributed by atoms with van der Waals surface area (Å²) in [5, 5.41) is 0. The molecule has 12 nitrogen and oxygen atoms in total. The Morgan fingerprint density at radius 1 is 0.368 bits per heavy atom. The summed E-state index contributed by atoms with van der Waals surface area (Å²) in [5.74, 6) is 0.509. The molecular weight excluding hydrogens is 861 g/mol. The molecule has 0 heterocycles. The highest BCUT2D eigenvalue weighted by atomic mass is 16.7. The second-order valence-corrected chi connectivity index (χ2v) is 19.9. The fraction of sp³-hybridized carbons (Fsp3) is 0.929. The molecule has 0 aromatic rings. The van der Waals surface area contributed by atoms with Gasteiger partial charge < -0.3 is 33.3 Å². The molecule has 12 heteroatoms. The summed E-state index contributed by atoms with van der Waals surface area (Å²) in [7, 11) is 4.00. The normalized spacial score (nSPS) is 12.5. The molecule has 0 amide bonds. The molecule has 0 aromatic heterocycles. The zero-order chi connectivity index (χ0) is 50.3. The number of nitrogens with zero attached hydrogens (tertiary/aromatic N) is 2. The zero-order valence-corrected chi connectivity index (χ0v) is 45.6. The first-order valence-corrected chi connectivity index (χ1v) is 28.4. The third-order valence-electron chi connectivity index (χ3n) is 13.0. The summed E-state index contributed by atoms with van der Waals surface area (Å²) in [6.45, 7) is 16.8. The molecule has 2 atom stereocenters. The van der Waals surface area contributed by atoms with Gasteiger partial charge in [0.1, 0.15) is 25.4 Å². The van der Waals surface area contributed by atoms with Crippen molar-refractivity contribution in [1.29, 1.82) is 0 Å². The van der Waals surface area contributed by atoms with Crippen LogP contribution in [0.3, 0.4) is 0 Å². The van der Waals surface area contributed by atoms with E-state index in [2.05, 4.69) is 51.3 Å². The van der Waals surface area contributed by atoms with Gasteiger partial charge in [0.15, 0.2) is 0 Å². The van der Waals surface area contributed by atoms with Gasteiger partial charge >= 0.3 is 24.2 Å². The zero-order valence-electron chi connectivity index (χ0n) is 45.6. The van der Waals surface area contributed by atoms with Crippen molar-refractivity contribution in [2.75, 3.05) is 66.7 Å². The molecule has 0 saturated carbocycles. The van der Waals surface area contributed by atoms with Gasteiger partial charge in [-0.2, -0.15) is 0 Å². The Morgan fingerprint density at radius 3 is 1.03 bits per heavy atom. The second-order valence-electron chi connectivity index (χ2n) is 19.9. The van der Waals surface area contributed by atoms with Crippen LogP contribution in [-0.4, -0.2) is 113 Å². The highest BCUT2D eigenvalue weighted by Gasteiger charge is 2.21. The van der Waals surface area contributed by atoms with Crippen molar-refractivity contribution in [2.24, 2.45) is 11.8 Å². The lowest BCUT2D eigenvalue weighted by Gasteiger charge is -2.24. The number of carbonyl (C=O) groups is 4. The van der Waals surface area contributed by atoms with Crippen molar-refractivity contribution in [1.82, 2.24) is 9.80 Å². The second kappa shape index (κ2) is 48.0. The number of unbranched alkanes of at least 4 members (excludes halogenated alkanes) is 14. The average molecular weight is 969 g/mol. The number of rotatable bonds is 49. The van der Waals surface area contributed by atoms with E-state index in [9.17, 15) is 19.2 Å². The highest BCUT2D eigenvalue weighted by Crippen LogP contribution is 2.22. The van der Waals surface area contributed by atoms with Gasteiger partial charge in [0, 0.05) is 39.0 Å². The predicted molar refractivity (Wildman–Crippen MR) is 278 cm³/mol. The van der Waals surface area contributed by atoms with Crippen molar-refractivity contribution in [3.8, 4) is 0 Å². The maximum atomic E-state index is 13.0. The van der Waals surface area contributed by atoms with Crippen LogP contribution in [0.5, 0.6) is 0 Å². The fourth-order valence-electron chi connectivity index (χ4n) is 8.52. The Balaban J connectivity index is 5.11. The fourth-order valence-corrected chi connectivity index (χ4v) is 8.52. The Bertz CT molecular complexity index is 1070. The molecule has 0 spiro atoms. The van der Waals surface area contributed by atoms with Crippen LogP contribution in [0.25, 0.3) is 0 Å². The van der Waals surface area contributed by atoms with Crippen LogP contribution in [0.1, 0.15) is 247 Å². The monoisotopic (exact) mass is 969 g/mol. The number of hydrogen-bond acceptors (Lipinski definition) is 12. The molecule has 0 aliphatic heterocycles. The summed E-state index contributed by atoms with van der Waals surface area (Å²) in [5.41, 5.74) is 0. The van der Waals surface area contributed by atoms with Gasteiger partial charge in [0.05, 0.1) is 13.2 Å². The van der Waals surface area contributed by atoms with Crippen molar-refractivity contribution in [3.63, 3.8) is 0 Å². The first-order valence-electron chi connectivity index (χ1n) is 28.4. The maximum Gasteiger partial charge on any atom is 0.508 e. The smallest absolute Gasteiger partial charge is 0.465 e. The van der Waals surface area contributed by atoms with Crippen molar-refractivity contribution in [3.05, 3.63) is 0 Å². The van der Waals surface area contributed by atoms with Gasteiger partial charge in [-0.1, -0.05) is 157 Å². The molecule has 0 bridgehead atoms. The number of esters is 2. The first kappa shape index (κ1) is 65.4. The van der Waals surface area contributed by atoms with Crippen LogP contribution in [-0.2, 0) is 38.0 Å². The molecule has 402 valence electrons. The number of hydrogen-bond donors (Lipinski definition) is 0. The minimum absolute atomic E-state index is 0.129. The van der Waals surface area contributed by atoms with Gasteiger partial charge in [-0.05, 0) is 103 Å². The van der Waals surface area contributed by atoms with Crippen molar-refractivity contribution in [2.45, 2.75) is 259 Å². The van der Waals surface area contributed by atoms with E-state index in [1.54, 1.807) is 0 Å². The lowest BCUT2D eigenvalue weighted by molar-refractivity contribution is -0.146. The standard InChI is InChI=1S/C56H108N2O10/c1-9-15-21-27-35-51(37-29-39-53(59)65-47-49(31-23-17-11-3)32-24-18-12-4)67-55(61)63-45-43-58(42-41-57(7)8)44-46-64-56(62)68-52(36-28-22-16-10-2)38-30-40-54(60)66-48-50(33-25-19-13-5)34-26-20-14-6/h49-52H,9-48H2,1-8H3. The molecule has 68 heavy (non-hydrogen) atoms. The van der Waals surface area contributed by atoms with Gasteiger partial charge in [0.25, 0.3) is 0 Å². The molecule has 0 aromatic carbocycles. The lowest BCUT2D eigenvalue weighted by Crippen LogP contribution is -2.37. The number of likely N-dealkylation sites (N-methyl/N-ethyl adjacent to an activating group) is 1. The van der Waals surface area contributed by atoms with E-state index >= 15 is 0 Å². The molecule has 0 rings (SSSR count). The first-order chi connectivity index (χ1) is 33.0. The Morgan fingerprint density at radius 2 is 0.691 bits per heavy atom. The van der Waals surface area contributed by atoms with E-state index in [1.165, 1.54) is 77.0 Å². The Hall–Kier alpha value is -2.60. The highest BCUT2D eigenvalue weighted by molar-refractivity contribution is 5.69. The van der Waals surface area contributed by atoms with Crippen LogP contribution in [0.2, 0.25) is 0 Å². The number of carbonyl (C=O) groups excluding carboxylic acids is 4. The molecule has 0 saturated heterocycles. The maximum absolute atomic E-state index is 13.0. The summed E-state index contributed by atoms with van der Waals surface area (Å²) < 4.78 is 34.4. The van der Waals surface area contributed by atoms with E-state index in [4.69, 9.17) is 28.4 Å². The average Bonchev–Trinajstić information content (AvgIpc) is 3.31. The van der Waals surface area contributed by atoms with Crippen LogP contribution in [0, 0.1) is 11.8 Å².